The van der Waals surface area contributed by atoms with Crippen LogP contribution in [0.2, 0.25) is 0 Å². The summed E-state index contributed by atoms with van der Waals surface area (Å²) in [5.41, 5.74) is 0. The number of likely N-dealkylation sites (tertiary alicyclic amines) is 1. The van der Waals surface area contributed by atoms with Gasteiger partial charge in [0.05, 0.1) is 19.8 Å². The molecule has 2 aliphatic rings. The third kappa shape index (κ3) is 6.57. The Morgan fingerprint density at radius 1 is 1.21 bits per heavy atom. The monoisotopic (exact) mass is 339 g/mol. The summed E-state index contributed by atoms with van der Waals surface area (Å²) in [6, 6.07) is 0.468. The van der Waals surface area contributed by atoms with E-state index in [1.807, 2.05) is 0 Å². The molecule has 2 heterocycles. The van der Waals surface area contributed by atoms with Crippen molar-refractivity contribution in [3.63, 3.8) is 0 Å². The third-order valence-corrected chi connectivity index (χ3v) is 4.99. The highest BCUT2D eigenvalue weighted by Crippen LogP contribution is 2.15. The van der Waals surface area contributed by atoms with Crippen molar-refractivity contribution in [3.8, 4) is 0 Å². The van der Waals surface area contributed by atoms with Crippen LogP contribution in [0, 0.1) is 5.92 Å². The van der Waals surface area contributed by atoms with E-state index < -0.39 is 0 Å². The predicted molar refractivity (Wildman–Crippen MR) is 101 cm³/mol. The minimum atomic E-state index is 0.468. The fourth-order valence-electron chi connectivity index (χ4n) is 3.54. The summed E-state index contributed by atoms with van der Waals surface area (Å²) in [5, 5.41) is 6.94. The lowest BCUT2D eigenvalue weighted by molar-refractivity contribution is 0.0220. The number of ether oxygens (including phenoxy) is 1. The molecule has 2 N–H and O–H groups in total. The molecule has 24 heavy (non-hydrogen) atoms. The first-order valence-corrected chi connectivity index (χ1v) is 9.79. The standard InChI is InChI=1S/C18H37N5O/c1-4-7-22-8-6-17(15-22)14-21-18(19-5-2)20-13-16(3)23-9-11-24-12-10-23/h16-17H,4-15H2,1-3H3,(H2,19,20,21). The van der Waals surface area contributed by atoms with Crippen LogP contribution in [-0.2, 0) is 4.74 Å². The Morgan fingerprint density at radius 2 is 2.00 bits per heavy atom. The molecule has 0 amide bonds. The fourth-order valence-corrected chi connectivity index (χ4v) is 3.54. The normalized spacial score (nSPS) is 25.0. The zero-order valence-corrected chi connectivity index (χ0v) is 15.9. The average molecular weight is 340 g/mol. The van der Waals surface area contributed by atoms with Crippen molar-refractivity contribution in [1.29, 1.82) is 0 Å². The number of nitrogens with one attached hydrogen (secondary N) is 2. The van der Waals surface area contributed by atoms with Gasteiger partial charge in [-0.05, 0) is 45.7 Å². The van der Waals surface area contributed by atoms with Gasteiger partial charge in [-0.15, -0.1) is 0 Å². The minimum absolute atomic E-state index is 0.468. The number of guanidine groups is 1. The van der Waals surface area contributed by atoms with Crippen molar-refractivity contribution in [1.82, 2.24) is 20.4 Å². The summed E-state index contributed by atoms with van der Waals surface area (Å²) in [5.74, 6) is 1.71. The number of aliphatic imine (C=N–C) groups is 1. The molecule has 0 aliphatic carbocycles. The van der Waals surface area contributed by atoms with Crippen molar-refractivity contribution in [3.05, 3.63) is 0 Å². The van der Waals surface area contributed by atoms with Gasteiger partial charge in [-0.25, -0.2) is 0 Å². The van der Waals surface area contributed by atoms with E-state index in [0.29, 0.717) is 6.04 Å². The average Bonchev–Trinajstić information content (AvgIpc) is 3.06. The van der Waals surface area contributed by atoms with Gasteiger partial charge in [0.15, 0.2) is 5.96 Å². The molecule has 2 aliphatic heterocycles. The first kappa shape index (κ1) is 19.5. The second-order valence-electron chi connectivity index (χ2n) is 7.05. The SMILES string of the molecule is CCCN1CCC(CNC(=NCC(C)N2CCOCC2)NCC)C1. The van der Waals surface area contributed by atoms with Crippen LogP contribution < -0.4 is 10.6 Å². The van der Waals surface area contributed by atoms with Crippen LogP contribution in [0.3, 0.4) is 0 Å². The molecule has 140 valence electrons. The largest absolute Gasteiger partial charge is 0.379 e. The molecule has 2 unspecified atom stereocenters. The van der Waals surface area contributed by atoms with Gasteiger partial charge < -0.3 is 20.3 Å². The van der Waals surface area contributed by atoms with Crippen LogP contribution >= 0.6 is 0 Å². The van der Waals surface area contributed by atoms with Crippen molar-refractivity contribution in [2.75, 3.05) is 65.6 Å². The number of hydrogen-bond donors (Lipinski definition) is 2. The summed E-state index contributed by atoms with van der Waals surface area (Å²) in [6.07, 6.45) is 2.56. The van der Waals surface area contributed by atoms with Crippen molar-refractivity contribution >= 4 is 5.96 Å². The molecule has 0 aromatic rings. The molecule has 6 heteroatoms. The molecule has 0 aromatic heterocycles. The molecule has 2 atom stereocenters. The summed E-state index contributed by atoms with van der Waals surface area (Å²) >= 11 is 0. The first-order valence-electron chi connectivity index (χ1n) is 9.79. The predicted octanol–water partition coefficient (Wildman–Crippen LogP) is 0.994. The summed E-state index contributed by atoms with van der Waals surface area (Å²) in [7, 11) is 0. The topological polar surface area (TPSA) is 52.1 Å². The quantitative estimate of drug-likeness (QED) is 0.510. The molecule has 0 spiro atoms. The Labute approximate surface area is 148 Å². The van der Waals surface area contributed by atoms with Crippen molar-refractivity contribution < 1.29 is 4.74 Å². The van der Waals surface area contributed by atoms with Crippen LogP contribution in [0.1, 0.15) is 33.6 Å². The van der Waals surface area contributed by atoms with Gasteiger partial charge in [-0.1, -0.05) is 6.92 Å². The van der Waals surface area contributed by atoms with Crippen LogP contribution in [0.15, 0.2) is 4.99 Å². The van der Waals surface area contributed by atoms with Gasteiger partial charge in [0.2, 0.25) is 0 Å². The number of nitrogens with zero attached hydrogens (tertiary/aromatic N) is 3. The van der Waals surface area contributed by atoms with E-state index in [4.69, 9.17) is 9.73 Å². The Balaban J connectivity index is 1.73. The smallest absolute Gasteiger partial charge is 0.191 e. The minimum Gasteiger partial charge on any atom is -0.379 e. The first-order chi connectivity index (χ1) is 11.7. The maximum atomic E-state index is 5.43. The summed E-state index contributed by atoms with van der Waals surface area (Å²) in [6.45, 7) is 16.9. The van der Waals surface area contributed by atoms with Gasteiger partial charge in [-0.3, -0.25) is 9.89 Å². The van der Waals surface area contributed by atoms with Gasteiger partial charge in [0.25, 0.3) is 0 Å². The van der Waals surface area contributed by atoms with Crippen molar-refractivity contribution in [2.45, 2.75) is 39.7 Å². The van der Waals surface area contributed by atoms with Gasteiger partial charge in [0.1, 0.15) is 0 Å². The van der Waals surface area contributed by atoms with Gasteiger partial charge >= 0.3 is 0 Å². The number of rotatable bonds is 8. The number of morpholine rings is 1. The Hall–Kier alpha value is -0.850. The molecule has 2 rings (SSSR count). The molecular formula is C18H37N5O. The van der Waals surface area contributed by atoms with Crippen LogP contribution in [-0.4, -0.2) is 87.4 Å². The van der Waals surface area contributed by atoms with E-state index in [0.717, 1.165) is 57.8 Å². The van der Waals surface area contributed by atoms with Crippen LogP contribution in [0.4, 0.5) is 0 Å². The molecule has 0 bridgehead atoms. The molecule has 0 aromatic carbocycles. The summed E-state index contributed by atoms with van der Waals surface area (Å²) in [4.78, 5) is 9.85. The third-order valence-electron chi connectivity index (χ3n) is 4.99. The highest BCUT2D eigenvalue weighted by molar-refractivity contribution is 5.79. The van der Waals surface area contributed by atoms with E-state index in [1.165, 1.54) is 32.5 Å². The van der Waals surface area contributed by atoms with E-state index >= 15 is 0 Å². The maximum Gasteiger partial charge on any atom is 0.191 e. The molecule has 2 fully saturated rings. The summed E-state index contributed by atoms with van der Waals surface area (Å²) < 4.78 is 5.43. The highest BCUT2D eigenvalue weighted by atomic mass is 16.5. The Morgan fingerprint density at radius 3 is 2.71 bits per heavy atom. The van der Waals surface area contributed by atoms with E-state index in [9.17, 15) is 0 Å². The van der Waals surface area contributed by atoms with E-state index in [-0.39, 0.29) is 0 Å². The van der Waals surface area contributed by atoms with Crippen LogP contribution in [0.5, 0.6) is 0 Å². The van der Waals surface area contributed by atoms with Gasteiger partial charge in [-0.2, -0.15) is 0 Å². The lowest BCUT2D eigenvalue weighted by Crippen LogP contribution is -2.45. The van der Waals surface area contributed by atoms with Crippen LogP contribution in [0.25, 0.3) is 0 Å². The molecule has 0 radical (unpaired) electrons. The van der Waals surface area contributed by atoms with Gasteiger partial charge in [0, 0.05) is 38.8 Å². The molecule has 2 saturated heterocycles. The lowest BCUT2D eigenvalue weighted by atomic mass is 10.1. The number of hydrogen-bond acceptors (Lipinski definition) is 4. The fraction of sp³-hybridized carbons (Fsp3) is 0.944. The molecule has 6 nitrogen and oxygen atoms in total. The van der Waals surface area contributed by atoms with E-state index in [2.05, 4.69) is 41.2 Å². The molecule has 0 saturated carbocycles. The Bertz CT molecular complexity index is 370. The highest BCUT2D eigenvalue weighted by Gasteiger charge is 2.22. The second kappa shape index (κ2) is 10.9. The van der Waals surface area contributed by atoms with E-state index in [1.54, 1.807) is 0 Å². The zero-order chi connectivity index (χ0) is 17.2. The zero-order valence-electron chi connectivity index (χ0n) is 15.9. The van der Waals surface area contributed by atoms with Crippen molar-refractivity contribution in [2.24, 2.45) is 10.9 Å². The second-order valence-corrected chi connectivity index (χ2v) is 7.05. The Kier molecular flexibility index (Phi) is 8.84. The lowest BCUT2D eigenvalue weighted by Gasteiger charge is -2.31. The maximum absolute atomic E-state index is 5.43. The molecular weight excluding hydrogens is 302 g/mol.